The van der Waals surface area contributed by atoms with E-state index in [1.54, 1.807) is 13.0 Å². The van der Waals surface area contributed by atoms with Gasteiger partial charge in [-0.15, -0.1) is 14.1 Å². The zero-order chi connectivity index (χ0) is 17.2. The predicted molar refractivity (Wildman–Crippen MR) is 93.7 cm³/mol. The third-order valence-corrected chi connectivity index (χ3v) is 4.28. The van der Waals surface area contributed by atoms with E-state index in [-0.39, 0.29) is 11.7 Å². The number of aryl methyl sites for hydroxylation is 1. The third-order valence-electron chi connectivity index (χ3n) is 4.05. The van der Waals surface area contributed by atoms with E-state index in [0.29, 0.717) is 22.0 Å². The summed E-state index contributed by atoms with van der Waals surface area (Å²) in [6.07, 6.45) is 0. The van der Waals surface area contributed by atoms with Gasteiger partial charge in [0.2, 0.25) is 0 Å². The average Bonchev–Trinajstić information content (AvgIpc) is 3.17. The van der Waals surface area contributed by atoms with E-state index >= 15 is 0 Å². The highest BCUT2D eigenvalue weighted by atomic mass is 35.5. The van der Waals surface area contributed by atoms with Crippen molar-refractivity contribution >= 4 is 34.2 Å². The molecule has 4 aromatic rings. The lowest BCUT2D eigenvalue weighted by Gasteiger charge is -2.10. The Morgan fingerprint density at radius 2 is 1.92 bits per heavy atom. The number of rotatable bonds is 3. The Morgan fingerprint density at radius 1 is 1.21 bits per heavy atom. The standard InChI is InChI=1S/C17H15ClN4O2/c1-9(2)17(24)19-12-8-16(23)15(6-10(12)3)22-20-13-5-4-11(18)7-14(13)21(20)22/h4-8,23H,1H2,2-3H3,(H,19,24). The first kappa shape index (κ1) is 14.7. The second-order valence-corrected chi connectivity index (χ2v) is 6.33. The second-order valence-electron chi connectivity index (χ2n) is 5.89. The van der Waals surface area contributed by atoms with E-state index < -0.39 is 0 Å². The zero-order valence-electron chi connectivity index (χ0n) is 13.2. The van der Waals surface area contributed by atoms with Gasteiger partial charge in [-0.2, -0.15) is 0 Å². The summed E-state index contributed by atoms with van der Waals surface area (Å²) in [5, 5.41) is 13.8. The van der Waals surface area contributed by atoms with Crippen LogP contribution in [0.4, 0.5) is 5.69 Å². The Bertz CT molecular complexity index is 1120. The van der Waals surface area contributed by atoms with Gasteiger partial charge in [0.15, 0.2) is 0 Å². The van der Waals surface area contributed by atoms with Crippen molar-refractivity contribution < 1.29 is 9.90 Å². The van der Waals surface area contributed by atoms with Crippen molar-refractivity contribution in [3.05, 3.63) is 53.1 Å². The van der Waals surface area contributed by atoms with E-state index in [1.807, 2.05) is 45.2 Å². The minimum Gasteiger partial charge on any atom is -0.506 e. The number of carbonyl (C=O) groups excluding carboxylic acids is 1. The molecule has 24 heavy (non-hydrogen) atoms. The number of nitrogens with zero attached hydrogens (tertiary/aromatic N) is 3. The molecule has 7 heteroatoms. The summed E-state index contributed by atoms with van der Waals surface area (Å²) in [6.45, 7) is 7.12. The third kappa shape index (κ3) is 2.00. The van der Waals surface area contributed by atoms with Crippen molar-refractivity contribution in [2.45, 2.75) is 13.8 Å². The molecule has 0 bridgehead atoms. The van der Waals surface area contributed by atoms with Crippen LogP contribution in [0, 0.1) is 6.92 Å². The number of fused-ring (bicyclic) bond motifs is 4. The average molecular weight is 343 g/mol. The van der Waals surface area contributed by atoms with Crippen LogP contribution < -0.4 is 5.32 Å². The number of hydrogen-bond donors (Lipinski definition) is 2. The molecule has 2 aromatic heterocycles. The number of aromatic hydroxyl groups is 1. The lowest BCUT2D eigenvalue weighted by molar-refractivity contribution is -0.112. The summed E-state index contributed by atoms with van der Waals surface area (Å²) < 4.78 is 3.83. The number of phenols is 1. The molecule has 0 aliphatic carbocycles. The maximum absolute atomic E-state index is 11.8. The van der Waals surface area contributed by atoms with E-state index in [1.165, 1.54) is 0 Å². The number of benzene rings is 2. The number of phenolic OH excluding ortho intramolecular Hbond substituents is 1. The molecule has 0 saturated heterocycles. The van der Waals surface area contributed by atoms with Crippen LogP contribution in [-0.4, -0.2) is 25.1 Å². The number of amides is 1. The van der Waals surface area contributed by atoms with Gasteiger partial charge in [-0.25, -0.2) is 0 Å². The van der Waals surface area contributed by atoms with Gasteiger partial charge in [-0.05, 0) is 43.7 Å². The molecular weight excluding hydrogens is 328 g/mol. The molecular formula is C17H15ClN4O2. The smallest absolute Gasteiger partial charge is 0.250 e. The van der Waals surface area contributed by atoms with Crippen LogP contribution in [0.25, 0.3) is 16.7 Å². The zero-order valence-corrected chi connectivity index (χ0v) is 13.9. The van der Waals surface area contributed by atoms with Gasteiger partial charge >= 0.3 is 0 Å². The summed E-state index contributed by atoms with van der Waals surface area (Å²) in [6, 6.07) is 9.00. The van der Waals surface area contributed by atoms with Crippen LogP contribution in [0.2, 0.25) is 5.02 Å². The molecule has 0 unspecified atom stereocenters. The second kappa shape index (κ2) is 4.82. The molecule has 2 aromatic carbocycles. The lowest BCUT2D eigenvalue weighted by Crippen LogP contribution is -2.12. The topological polar surface area (TPSA) is 63.1 Å². The number of aromatic nitrogens is 3. The van der Waals surface area contributed by atoms with E-state index in [9.17, 15) is 9.90 Å². The van der Waals surface area contributed by atoms with Crippen LogP contribution in [0.1, 0.15) is 12.5 Å². The van der Waals surface area contributed by atoms with Crippen molar-refractivity contribution in [1.82, 2.24) is 14.1 Å². The molecule has 0 aliphatic heterocycles. The fourth-order valence-electron chi connectivity index (χ4n) is 2.73. The van der Waals surface area contributed by atoms with Crippen molar-refractivity contribution in [2.24, 2.45) is 0 Å². The largest absolute Gasteiger partial charge is 0.506 e. The summed E-state index contributed by atoms with van der Waals surface area (Å²) >= 11 is 6.02. The van der Waals surface area contributed by atoms with Crippen molar-refractivity contribution in [2.75, 3.05) is 5.32 Å². The molecule has 2 N–H and O–H groups in total. The Balaban J connectivity index is 1.76. The first-order valence-electron chi connectivity index (χ1n) is 7.38. The summed E-state index contributed by atoms with van der Waals surface area (Å²) in [5.41, 5.74) is 4.45. The molecule has 0 radical (unpaired) electrons. The highest BCUT2D eigenvalue weighted by Gasteiger charge is 2.26. The fourth-order valence-corrected chi connectivity index (χ4v) is 2.89. The SMILES string of the molecule is C=C(C)C(=O)Nc1cc(O)c(-n2n3c4ccc(Cl)cc4n23)cc1C. The minimum absolute atomic E-state index is 0.0732. The van der Waals surface area contributed by atoms with Gasteiger partial charge in [-0.3, -0.25) is 4.79 Å². The Kier molecular flexibility index (Phi) is 2.95. The van der Waals surface area contributed by atoms with Gasteiger partial charge in [0.1, 0.15) is 22.5 Å². The normalized spacial score (nSPS) is 11.6. The Morgan fingerprint density at radius 3 is 2.62 bits per heavy atom. The number of anilines is 1. The van der Waals surface area contributed by atoms with Gasteiger partial charge < -0.3 is 10.4 Å². The molecule has 0 aliphatic rings. The predicted octanol–water partition coefficient (Wildman–Crippen LogP) is 3.60. The number of carbonyl (C=O) groups is 1. The first-order valence-corrected chi connectivity index (χ1v) is 7.76. The minimum atomic E-state index is -0.272. The molecule has 2 heterocycles. The van der Waals surface area contributed by atoms with Crippen molar-refractivity contribution in [3.63, 3.8) is 0 Å². The van der Waals surface area contributed by atoms with Crippen molar-refractivity contribution in [1.29, 1.82) is 0 Å². The highest BCUT2D eigenvalue weighted by Crippen LogP contribution is 2.34. The van der Waals surface area contributed by atoms with E-state index in [0.717, 1.165) is 16.6 Å². The molecule has 4 rings (SSSR count). The van der Waals surface area contributed by atoms with Crippen LogP contribution in [0.15, 0.2) is 42.5 Å². The quantitative estimate of drug-likeness (QED) is 0.559. The summed E-state index contributed by atoms with van der Waals surface area (Å²) in [7, 11) is 0. The van der Waals surface area contributed by atoms with Crippen LogP contribution in [-0.2, 0) is 4.79 Å². The Labute approximate surface area is 142 Å². The van der Waals surface area contributed by atoms with Gasteiger partial charge in [0.05, 0.1) is 0 Å². The number of halogens is 1. The molecule has 0 spiro atoms. The maximum Gasteiger partial charge on any atom is 0.250 e. The summed E-state index contributed by atoms with van der Waals surface area (Å²) in [5.74, 6) is -0.199. The monoisotopic (exact) mass is 342 g/mol. The molecule has 0 atom stereocenters. The van der Waals surface area contributed by atoms with Gasteiger partial charge in [0, 0.05) is 22.3 Å². The van der Waals surface area contributed by atoms with Gasteiger partial charge in [-0.1, -0.05) is 18.2 Å². The molecule has 122 valence electrons. The molecule has 6 nitrogen and oxygen atoms in total. The fraction of sp³-hybridized carbons (Fsp3) is 0.118. The molecule has 0 fully saturated rings. The molecule has 1 amide bonds. The summed E-state index contributed by atoms with van der Waals surface area (Å²) in [4.78, 5) is 13.6. The highest BCUT2D eigenvalue weighted by molar-refractivity contribution is 6.31. The van der Waals surface area contributed by atoms with Crippen LogP contribution in [0.5, 0.6) is 5.75 Å². The Hall–Kier alpha value is -2.86. The lowest BCUT2D eigenvalue weighted by atomic mass is 10.1. The number of hydrogen-bond acceptors (Lipinski definition) is 2. The maximum atomic E-state index is 11.8. The first-order chi connectivity index (χ1) is 11.4. The van der Waals surface area contributed by atoms with E-state index in [4.69, 9.17) is 11.6 Å². The number of nitrogens with one attached hydrogen (secondary N) is 1. The van der Waals surface area contributed by atoms with Crippen molar-refractivity contribution in [3.8, 4) is 11.4 Å². The van der Waals surface area contributed by atoms with Crippen LogP contribution in [0.3, 0.4) is 0 Å². The molecule has 0 saturated carbocycles. The van der Waals surface area contributed by atoms with Crippen LogP contribution >= 0.6 is 11.6 Å². The van der Waals surface area contributed by atoms with Gasteiger partial charge in [0.25, 0.3) is 5.91 Å². The van der Waals surface area contributed by atoms with E-state index in [2.05, 4.69) is 11.9 Å².